The maximum Gasteiger partial charge on any atom is 0.271 e. The minimum atomic E-state index is -0.491. The Kier molecular flexibility index (Phi) is 4.96. The summed E-state index contributed by atoms with van der Waals surface area (Å²) in [6.07, 6.45) is 2.96. The first-order valence-corrected chi connectivity index (χ1v) is 6.33. The minimum Gasteiger partial charge on any atom is -0.354 e. The van der Waals surface area contributed by atoms with Gasteiger partial charge in [-0.1, -0.05) is 0 Å². The lowest BCUT2D eigenvalue weighted by atomic mass is 10.3. The zero-order valence-corrected chi connectivity index (χ0v) is 12.1. The van der Waals surface area contributed by atoms with E-state index in [9.17, 15) is 4.79 Å². The van der Waals surface area contributed by atoms with Crippen molar-refractivity contribution in [1.29, 1.82) is 0 Å². The van der Waals surface area contributed by atoms with Gasteiger partial charge in [-0.3, -0.25) is 9.36 Å². The number of carbonyl (C=O) groups excluding carboxylic acids is 1. The molecule has 0 saturated heterocycles. The summed E-state index contributed by atoms with van der Waals surface area (Å²) in [6.45, 7) is 2.09. The zero-order chi connectivity index (χ0) is 15.2. The minimum absolute atomic E-state index is 0.225. The first-order valence-electron chi connectivity index (χ1n) is 6.33. The molecule has 0 aliphatic carbocycles. The van der Waals surface area contributed by atoms with E-state index >= 15 is 0 Å². The normalized spacial score (nSPS) is 10.9. The molecule has 0 aromatic carbocycles. The molecule has 0 fully saturated rings. The lowest BCUT2D eigenvalue weighted by Crippen LogP contribution is -2.34. The van der Waals surface area contributed by atoms with Gasteiger partial charge in [-0.05, 0) is 19.1 Å². The molecule has 21 heavy (non-hydrogen) atoms. The summed E-state index contributed by atoms with van der Waals surface area (Å²) in [7, 11) is 3.00. The maximum atomic E-state index is 11.9. The van der Waals surface area contributed by atoms with Crippen LogP contribution in [0.2, 0.25) is 0 Å². The fourth-order valence-corrected chi connectivity index (χ4v) is 1.72. The highest BCUT2D eigenvalue weighted by atomic mass is 16.7. The average molecular weight is 291 g/mol. The Hall–Kier alpha value is -2.32. The monoisotopic (exact) mass is 291 g/mol. The van der Waals surface area contributed by atoms with Crippen LogP contribution in [0.1, 0.15) is 16.3 Å². The van der Waals surface area contributed by atoms with Crippen LogP contribution in [0.5, 0.6) is 0 Å². The van der Waals surface area contributed by atoms with E-state index in [1.165, 1.54) is 14.2 Å². The molecular formula is C13H17N5O3. The summed E-state index contributed by atoms with van der Waals surface area (Å²) in [5.74, 6) is 1.06. The predicted molar refractivity (Wildman–Crippen MR) is 74.0 cm³/mol. The van der Waals surface area contributed by atoms with Crippen LogP contribution in [0.25, 0.3) is 5.82 Å². The van der Waals surface area contributed by atoms with Crippen molar-refractivity contribution in [2.45, 2.75) is 13.2 Å². The van der Waals surface area contributed by atoms with Crippen LogP contribution >= 0.6 is 0 Å². The van der Waals surface area contributed by atoms with Crippen molar-refractivity contribution in [1.82, 2.24) is 25.1 Å². The number of rotatable bonds is 6. The fraction of sp³-hybridized carbons (Fsp3) is 0.385. The Morgan fingerprint density at radius 2 is 2.10 bits per heavy atom. The fourth-order valence-electron chi connectivity index (χ4n) is 1.72. The van der Waals surface area contributed by atoms with Crippen molar-refractivity contribution in [3.8, 4) is 5.82 Å². The van der Waals surface area contributed by atoms with E-state index in [4.69, 9.17) is 9.47 Å². The summed E-state index contributed by atoms with van der Waals surface area (Å²) in [6, 6.07) is 3.31. The van der Waals surface area contributed by atoms with Crippen LogP contribution in [-0.2, 0) is 9.47 Å². The third-order valence-corrected chi connectivity index (χ3v) is 2.91. The van der Waals surface area contributed by atoms with E-state index in [0.717, 1.165) is 5.82 Å². The number of aryl methyl sites for hydroxylation is 1. The molecule has 0 spiro atoms. The highest BCUT2D eigenvalue weighted by Gasteiger charge is 2.12. The van der Waals surface area contributed by atoms with Crippen LogP contribution in [0.15, 0.2) is 24.5 Å². The number of hydrogen-bond acceptors (Lipinski definition) is 6. The molecule has 2 aromatic heterocycles. The van der Waals surface area contributed by atoms with Crippen molar-refractivity contribution < 1.29 is 14.3 Å². The van der Waals surface area contributed by atoms with Gasteiger partial charge in [-0.15, -0.1) is 10.2 Å². The standard InChI is InChI=1S/C13H17N5O3/c1-9-14-6-7-18(9)11-5-4-10(16-17-11)13(19)15-8-12(20-2)21-3/h4-7,12H,8H2,1-3H3,(H,15,19). The van der Waals surface area contributed by atoms with E-state index < -0.39 is 6.29 Å². The topological polar surface area (TPSA) is 91.2 Å². The largest absolute Gasteiger partial charge is 0.354 e. The van der Waals surface area contributed by atoms with Gasteiger partial charge in [0.1, 0.15) is 5.82 Å². The van der Waals surface area contributed by atoms with Gasteiger partial charge in [0.15, 0.2) is 17.8 Å². The molecule has 1 amide bonds. The van der Waals surface area contributed by atoms with Gasteiger partial charge in [0.05, 0.1) is 6.54 Å². The Morgan fingerprint density at radius 3 is 2.62 bits per heavy atom. The second-order valence-electron chi connectivity index (χ2n) is 4.23. The number of amides is 1. The smallest absolute Gasteiger partial charge is 0.271 e. The number of ether oxygens (including phenoxy) is 2. The van der Waals surface area contributed by atoms with Crippen molar-refractivity contribution in [2.24, 2.45) is 0 Å². The van der Waals surface area contributed by atoms with Crippen molar-refractivity contribution >= 4 is 5.91 Å². The summed E-state index contributed by atoms with van der Waals surface area (Å²) in [4.78, 5) is 16.0. The second kappa shape index (κ2) is 6.91. The number of carbonyl (C=O) groups is 1. The second-order valence-corrected chi connectivity index (χ2v) is 4.23. The Bertz CT molecular complexity index is 592. The number of hydrogen-bond donors (Lipinski definition) is 1. The van der Waals surface area contributed by atoms with Gasteiger partial charge in [0, 0.05) is 26.6 Å². The average Bonchev–Trinajstić information content (AvgIpc) is 2.94. The van der Waals surface area contributed by atoms with Crippen molar-refractivity contribution in [3.05, 3.63) is 36.0 Å². The third kappa shape index (κ3) is 3.61. The molecule has 8 nitrogen and oxygen atoms in total. The van der Waals surface area contributed by atoms with Gasteiger partial charge in [0.25, 0.3) is 5.91 Å². The van der Waals surface area contributed by atoms with Crippen molar-refractivity contribution in [2.75, 3.05) is 20.8 Å². The number of methoxy groups -OCH3 is 2. The molecular weight excluding hydrogens is 274 g/mol. The number of imidazole rings is 1. The van der Waals surface area contributed by atoms with Crippen molar-refractivity contribution in [3.63, 3.8) is 0 Å². The van der Waals surface area contributed by atoms with Gasteiger partial charge in [-0.25, -0.2) is 4.98 Å². The first kappa shape index (κ1) is 15.1. The molecule has 112 valence electrons. The molecule has 0 atom stereocenters. The Morgan fingerprint density at radius 1 is 1.33 bits per heavy atom. The molecule has 8 heteroatoms. The Labute approximate surface area is 122 Å². The van der Waals surface area contributed by atoms with E-state index in [1.807, 2.05) is 6.92 Å². The molecule has 2 rings (SSSR count). The van der Waals surface area contributed by atoms with Crippen LogP contribution in [-0.4, -0.2) is 52.7 Å². The van der Waals surface area contributed by atoms with Crippen LogP contribution in [0.3, 0.4) is 0 Å². The lowest BCUT2D eigenvalue weighted by Gasteiger charge is -2.13. The predicted octanol–water partition coefficient (Wildman–Crippen LogP) is 0.319. The maximum absolute atomic E-state index is 11.9. The van der Waals surface area contributed by atoms with Gasteiger partial charge in [0.2, 0.25) is 0 Å². The first-order chi connectivity index (χ1) is 10.2. The molecule has 0 unspecified atom stereocenters. The SMILES string of the molecule is COC(CNC(=O)c1ccc(-n2ccnc2C)nn1)OC. The van der Waals surface area contributed by atoms with Crippen LogP contribution < -0.4 is 5.32 Å². The van der Waals surface area contributed by atoms with Crippen LogP contribution in [0, 0.1) is 6.92 Å². The van der Waals surface area contributed by atoms with E-state index in [0.29, 0.717) is 5.82 Å². The molecule has 0 radical (unpaired) electrons. The quantitative estimate of drug-likeness (QED) is 0.771. The molecule has 2 heterocycles. The third-order valence-electron chi connectivity index (χ3n) is 2.91. The summed E-state index contributed by atoms with van der Waals surface area (Å²) in [5.41, 5.74) is 0.225. The molecule has 0 aliphatic heterocycles. The molecule has 0 aliphatic rings. The summed E-state index contributed by atoms with van der Waals surface area (Å²) in [5, 5.41) is 10.6. The summed E-state index contributed by atoms with van der Waals surface area (Å²) < 4.78 is 11.7. The molecule has 0 bridgehead atoms. The number of nitrogens with one attached hydrogen (secondary N) is 1. The molecule has 0 saturated carbocycles. The summed E-state index contributed by atoms with van der Waals surface area (Å²) >= 11 is 0. The van der Waals surface area contributed by atoms with Crippen LogP contribution in [0.4, 0.5) is 0 Å². The number of nitrogens with zero attached hydrogens (tertiary/aromatic N) is 4. The van der Waals surface area contributed by atoms with Gasteiger partial charge >= 0.3 is 0 Å². The number of aromatic nitrogens is 4. The highest BCUT2D eigenvalue weighted by molar-refractivity contribution is 5.92. The van der Waals surface area contributed by atoms with E-state index in [1.54, 1.807) is 29.1 Å². The highest BCUT2D eigenvalue weighted by Crippen LogP contribution is 2.06. The van der Waals surface area contributed by atoms with Gasteiger partial charge in [-0.2, -0.15) is 0 Å². The van der Waals surface area contributed by atoms with Gasteiger partial charge < -0.3 is 14.8 Å². The molecule has 1 N–H and O–H groups in total. The lowest BCUT2D eigenvalue weighted by molar-refractivity contribution is -0.0974. The van der Waals surface area contributed by atoms with E-state index in [-0.39, 0.29) is 18.1 Å². The van der Waals surface area contributed by atoms with E-state index in [2.05, 4.69) is 20.5 Å². The molecule has 2 aromatic rings. The zero-order valence-electron chi connectivity index (χ0n) is 12.1. The Balaban J connectivity index is 2.02.